The first-order valence-electron chi connectivity index (χ1n) is 8.72. The highest BCUT2D eigenvalue weighted by Gasteiger charge is 2.37. The quantitative estimate of drug-likeness (QED) is 0.562. The molecule has 2 aromatic rings. The van der Waals surface area contributed by atoms with Gasteiger partial charge in [-0.05, 0) is 48.2 Å². The summed E-state index contributed by atoms with van der Waals surface area (Å²) in [6.07, 6.45) is -9.04. The van der Waals surface area contributed by atoms with Crippen LogP contribution in [0.15, 0.2) is 42.5 Å². The summed E-state index contributed by atoms with van der Waals surface area (Å²) in [7, 11) is 0. The Morgan fingerprint density at radius 2 is 1.48 bits per heavy atom. The summed E-state index contributed by atoms with van der Waals surface area (Å²) in [6.45, 7) is 3.52. The van der Waals surface area contributed by atoms with E-state index in [0.717, 1.165) is 12.0 Å². The van der Waals surface area contributed by atoms with Crippen LogP contribution in [-0.4, -0.2) is 12.5 Å². The molecule has 0 radical (unpaired) electrons. The maximum atomic E-state index is 12.9. The number of nitrogens with one attached hydrogen (secondary N) is 1. The molecule has 1 amide bonds. The van der Waals surface area contributed by atoms with E-state index in [9.17, 15) is 31.1 Å². The highest BCUT2D eigenvalue weighted by molar-refractivity contribution is 5.92. The van der Waals surface area contributed by atoms with Gasteiger partial charge in [0.2, 0.25) is 0 Å². The number of alkyl halides is 6. The van der Waals surface area contributed by atoms with Crippen LogP contribution in [0, 0.1) is 0 Å². The van der Waals surface area contributed by atoms with Crippen molar-refractivity contribution in [1.82, 2.24) is 0 Å². The van der Waals surface area contributed by atoms with Gasteiger partial charge < -0.3 is 10.1 Å². The van der Waals surface area contributed by atoms with Gasteiger partial charge in [0.05, 0.1) is 11.1 Å². The average Bonchev–Trinajstić information content (AvgIpc) is 2.64. The lowest BCUT2D eigenvalue weighted by atomic mass is 9.99. The number of anilines is 1. The van der Waals surface area contributed by atoms with E-state index in [4.69, 9.17) is 4.74 Å². The van der Waals surface area contributed by atoms with Crippen LogP contribution < -0.4 is 10.1 Å². The number of carbonyl (C=O) groups excluding carboxylic acids is 1. The summed E-state index contributed by atoms with van der Waals surface area (Å²) in [5.41, 5.74) is -2.56. The molecule has 2 aromatic carbocycles. The largest absolute Gasteiger partial charge is 0.484 e. The van der Waals surface area contributed by atoms with Crippen molar-refractivity contribution in [2.45, 2.75) is 38.5 Å². The van der Waals surface area contributed by atoms with Crippen molar-refractivity contribution in [3.63, 3.8) is 0 Å². The molecule has 0 aliphatic heterocycles. The molecule has 29 heavy (non-hydrogen) atoms. The number of amides is 1. The van der Waals surface area contributed by atoms with E-state index in [1.165, 1.54) is 0 Å². The molecule has 0 heterocycles. The molecular weight excluding hydrogens is 400 g/mol. The molecule has 0 fully saturated rings. The molecule has 158 valence electrons. The van der Waals surface area contributed by atoms with Crippen molar-refractivity contribution in [3.05, 3.63) is 59.2 Å². The van der Waals surface area contributed by atoms with Crippen LogP contribution in [-0.2, 0) is 17.1 Å². The summed E-state index contributed by atoms with van der Waals surface area (Å²) >= 11 is 0. The Kier molecular flexibility index (Phi) is 6.81. The molecule has 1 unspecified atom stereocenters. The Bertz CT molecular complexity index is 811. The lowest BCUT2D eigenvalue weighted by molar-refractivity contribution is -0.143. The summed E-state index contributed by atoms with van der Waals surface area (Å²) < 4.78 is 82.4. The van der Waals surface area contributed by atoms with E-state index in [1.807, 2.05) is 31.3 Å². The fourth-order valence-electron chi connectivity index (χ4n) is 2.50. The smallest absolute Gasteiger partial charge is 0.416 e. The van der Waals surface area contributed by atoms with E-state index < -0.39 is 41.7 Å². The first kappa shape index (κ1) is 22.6. The van der Waals surface area contributed by atoms with Gasteiger partial charge in [-0.15, -0.1) is 0 Å². The van der Waals surface area contributed by atoms with Gasteiger partial charge >= 0.3 is 12.4 Å². The first-order chi connectivity index (χ1) is 13.4. The van der Waals surface area contributed by atoms with Gasteiger partial charge in [0, 0.05) is 5.69 Å². The molecule has 0 bridgehead atoms. The average molecular weight is 419 g/mol. The van der Waals surface area contributed by atoms with Crippen molar-refractivity contribution >= 4 is 11.6 Å². The number of benzene rings is 2. The standard InChI is InChI=1S/C20H19F6NO2/c1-3-12(2)13-4-6-17(7-5-13)29-11-18(28)27-16-9-14(19(21,22)23)8-15(10-16)20(24,25)26/h4-10,12H,3,11H2,1-2H3,(H,27,28). The van der Waals surface area contributed by atoms with Crippen LogP contribution in [0.3, 0.4) is 0 Å². The Morgan fingerprint density at radius 3 is 1.93 bits per heavy atom. The zero-order valence-corrected chi connectivity index (χ0v) is 15.6. The lowest BCUT2D eigenvalue weighted by Crippen LogP contribution is -2.21. The maximum Gasteiger partial charge on any atom is 0.416 e. The van der Waals surface area contributed by atoms with Crippen LogP contribution in [0.4, 0.5) is 32.0 Å². The summed E-state index contributed by atoms with van der Waals surface area (Å²) in [5.74, 6) is -0.188. The van der Waals surface area contributed by atoms with Gasteiger partial charge in [0.1, 0.15) is 5.75 Å². The van der Waals surface area contributed by atoms with Gasteiger partial charge in [0.25, 0.3) is 5.91 Å². The van der Waals surface area contributed by atoms with Gasteiger partial charge in [0.15, 0.2) is 6.61 Å². The number of hydrogen-bond acceptors (Lipinski definition) is 2. The Balaban J connectivity index is 2.08. The predicted octanol–water partition coefficient (Wildman–Crippen LogP) is 6.26. The normalized spacial score (nSPS) is 13.1. The molecular formula is C20H19F6NO2. The van der Waals surface area contributed by atoms with Gasteiger partial charge in [-0.1, -0.05) is 26.0 Å². The highest BCUT2D eigenvalue weighted by atomic mass is 19.4. The number of rotatable bonds is 6. The van der Waals surface area contributed by atoms with Crippen LogP contribution in [0.1, 0.15) is 42.9 Å². The third-order valence-electron chi connectivity index (χ3n) is 4.30. The van der Waals surface area contributed by atoms with E-state index >= 15 is 0 Å². The molecule has 0 spiro atoms. The van der Waals surface area contributed by atoms with Crippen LogP contribution in [0.2, 0.25) is 0 Å². The molecule has 0 saturated heterocycles. The Morgan fingerprint density at radius 1 is 0.966 bits per heavy atom. The lowest BCUT2D eigenvalue weighted by Gasteiger charge is -2.15. The highest BCUT2D eigenvalue weighted by Crippen LogP contribution is 2.37. The maximum absolute atomic E-state index is 12.9. The Labute approximate surface area is 163 Å². The zero-order valence-electron chi connectivity index (χ0n) is 15.6. The molecule has 3 nitrogen and oxygen atoms in total. The molecule has 1 atom stereocenters. The second-order valence-electron chi connectivity index (χ2n) is 6.51. The summed E-state index contributed by atoms with van der Waals surface area (Å²) in [5, 5.41) is 2.01. The zero-order chi connectivity index (χ0) is 21.8. The minimum atomic E-state index is -4.99. The number of ether oxygens (including phenoxy) is 1. The number of hydrogen-bond donors (Lipinski definition) is 1. The third kappa shape index (κ3) is 6.40. The van der Waals surface area contributed by atoms with Crippen molar-refractivity contribution in [1.29, 1.82) is 0 Å². The monoisotopic (exact) mass is 419 g/mol. The van der Waals surface area contributed by atoms with Gasteiger partial charge in [-0.3, -0.25) is 4.79 Å². The van der Waals surface area contributed by atoms with Crippen LogP contribution >= 0.6 is 0 Å². The fourth-order valence-corrected chi connectivity index (χ4v) is 2.50. The minimum Gasteiger partial charge on any atom is -0.484 e. The van der Waals surface area contributed by atoms with Crippen LogP contribution in [0.5, 0.6) is 5.75 Å². The fraction of sp³-hybridized carbons (Fsp3) is 0.350. The topological polar surface area (TPSA) is 38.3 Å². The molecule has 1 N–H and O–H groups in total. The van der Waals surface area contributed by atoms with Crippen molar-refractivity contribution < 1.29 is 35.9 Å². The molecule has 2 rings (SSSR count). The van der Waals surface area contributed by atoms with E-state index in [1.54, 1.807) is 12.1 Å². The van der Waals surface area contributed by atoms with Crippen molar-refractivity contribution in [2.75, 3.05) is 11.9 Å². The molecule has 0 aromatic heterocycles. The second-order valence-corrected chi connectivity index (χ2v) is 6.51. The Hall–Kier alpha value is -2.71. The SMILES string of the molecule is CCC(C)c1ccc(OCC(=O)Nc2cc(C(F)(F)F)cc(C(F)(F)F)c2)cc1. The molecule has 0 aliphatic rings. The van der Waals surface area contributed by atoms with E-state index in [0.29, 0.717) is 23.8 Å². The van der Waals surface area contributed by atoms with E-state index in [2.05, 4.69) is 0 Å². The third-order valence-corrected chi connectivity index (χ3v) is 4.30. The predicted molar refractivity (Wildman–Crippen MR) is 95.7 cm³/mol. The van der Waals surface area contributed by atoms with Crippen molar-refractivity contribution in [3.8, 4) is 5.75 Å². The minimum absolute atomic E-state index is 0.00892. The van der Waals surface area contributed by atoms with Gasteiger partial charge in [-0.25, -0.2) is 0 Å². The number of halogens is 6. The second kappa shape index (κ2) is 8.75. The molecule has 0 aliphatic carbocycles. The number of carbonyl (C=O) groups is 1. The summed E-state index contributed by atoms with van der Waals surface area (Å²) in [6, 6.07) is 7.79. The van der Waals surface area contributed by atoms with Crippen LogP contribution in [0.25, 0.3) is 0 Å². The van der Waals surface area contributed by atoms with Crippen molar-refractivity contribution in [2.24, 2.45) is 0 Å². The first-order valence-corrected chi connectivity index (χ1v) is 8.72. The molecule has 9 heteroatoms. The van der Waals surface area contributed by atoms with Gasteiger partial charge in [-0.2, -0.15) is 26.3 Å². The van der Waals surface area contributed by atoms with E-state index in [-0.39, 0.29) is 6.07 Å². The molecule has 0 saturated carbocycles. The summed E-state index contributed by atoms with van der Waals surface area (Å²) in [4.78, 5) is 11.9.